The number of fused-ring (bicyclic) bond motifs is 1. The number of hydrogen-bond acceptors (Lipinski definition) is 8. The fourth-order valence-corrected chi connectivity index (χ4v) is 5.67. The van der Waals surface area contributed by atoms with E-state index in [2.05, 4.69) is 21.6 Å². The summed E-state index contributed by atoms with van der Waals surface area (Å²) in [6.45, 7) is 3.28. The molecule has 1 aromatic heterocycles. The Morgan fingerprint density at radius 2 is 1.69 bits per heavy atom. The van der Waals surface area contributed by atoms with Crippen LogP contribution in [0.15, 0.2) is 71.9 Å². The number of anilines is 1. The van der Waals surface area contributed by atoms with Crippen LogP contribution in [-0.4, -0.2) is 59.7 Å². The van der Waals surface area contributed by atoms with Crippen molar-refractivity contribution in [1.82, 2.24) is 20.1 Å². The highest BCUT2D eigenvalue weighted by atomic mass is 32.2. The van der Waals surface area contributed by atoms with Gasteiger partial charge in [-0.05, 0) is 67.8 Å². The molecule has 0 bridgehead atoms. The van der Waals surface area contributed by atoms with Crippen LogP contribution in [0.2, 0.25) is 0 Å². The van der Waals surface area contributed by atoms with Crippen molar-refractivity contribution in [2.75, 3.05) is 38.0 Å². The second-order valence-corrected chi connectivity index (χ2v) is 10.5. The van der Waals surface area contributed by atoms with Crippen molar-refractivity contribution in [3.8, 4) is 22.9 Å². The minimum Gasteiger partial charge on any atom is -0.497 e. The maximum atomic E-state index is 13.3. The molecule has 1 aliphatic rings. The molecule has 0 saturated carbocycles. The molecule has 11 heteroatoms. The average molecular weight is 588 g/mol. The average Bonchev–Trinajstić information content (AvgIpc) is 3.45. The van der Waals surface area contributed by atoms with Crippen LogP contribution in [0, 0.1) is 0 Å². The first kappa shape index (κ1) is 29.0. The van der Waals surface area contributed by atoms with E-state index < -0.39 is 0 Å². The Morgan fingerprint density at radius 3 is 2.40 bits per heavy atom. The number of nitrogens with zero attached hydrogens (tertiary/aromatic N) is 4. The summed E-state index contributed by atoms with van der Waals surface area (Å²) in [6.07, 6.45) is 1.90. The van der Waals surface area contributed by atoms with E-state index in [0.717, 1.165) is 30.0 Å². The van der Waals surface area contributed by atoms with Gasteiger partial charge in [0, 0.05) is 29.5 Å². The third kappa shape index (κ3) is 6.52. The summed E-state index contributed by atoms with van der Waals surface area (Å²) in [5.41, 5.74) is 3.33. The fourth-order valence-electron chi connectivity index (χ4n) is 4.82. The van der Waals surface area contributed by atoms with E-state index in [1.807, 2.05) is 58.9 Å². The van der Waals surface area contributed by atoms with E-state index in [1.165, 1.54) is 31.5 Å². The summed E-state index contributed by atoms with van der Waals surface area (Å²) < 4.78 is 18.1. The third-order valence-corrected chi connectivity index (χ3v) is 7.78. The minimum absolute atomic E-state index is 0.00946. The Balaban J connectivity index is 1.36. The lowest BCUT2D eigenvalue weighted by atomic mass is 10.0. The van der Waals surface area contributed by atoms with Crippen molar-refractivity contribution in [3.05, 3.63) is 83.7 Å². The first-order chi connectivity index (χ1) is 20.5. The number of thioether (sulfide) groups is 1. The van der Waals surface area contributed by atoms with Gasteiger partial charge in [0.2, 0.25) is 5.91 Å². The predicted octanol–water partition coefficient (Wildman–Crippen LogP) is 4.68. The number of para-hydroxylation sites is 1. The molecule has 0 fully saturated rings. The molecule has 0 unspecified atom stereocenters. The van der Waals surface area contributed by atoms with Crippen molar-refractivity contribution in [3.63, 3.8) is 0 Å². The molecule has 218 valence electrons. The summed E-state index contributed by atoms with van der Waals surface area (Å²) in [5.74, 6) is 2.16. The summed E-state index contributed by atoms with van der Waals surface area (Å²) >= 11 is 1.32. The highest BCUT2D eigenvalue weighted by Gasteiger charge is 2.24. The highest BCUT2D eigenvalue weighted by molar-refractivity contribution is 7.99. The number of aromatic nitrogens is 3. The number of ether oxygens (including phenoxy) is 3. The van der Waals surface area contributed by atoms with Crippen LogP contribution < -0.4 is 24.4 Å². The Kier molecular flexibility index (Phi) is 9.28. The molecule has 0 radical (unpaired) electrons. The molecule has 0 spiro atoms. The zero-order valence-corrected chi connectivity index (χ0v) is 24.6. The molecule has 1 N–H and O–H groups in total. The second-order valence-electron chi connectivity index (χ2n) is 9.51. The van der Waals surface area contributed by atoms with E-state index in [4.69, 9.17) is 14.2 Å². The largest absolute Gasteiger partial charge is 0.497 e. The van der Waals surface area contributed by atoms with Crippen molar-refractivity contribution < 1.29 is 23.8 Å². The first-order valence-electron chi connectivity index (χ1n) is 13.7. The standard InChI is InChI=1S/C31H33N5O5S/c1-4-41-24-13-11-23(12-14-24)36-28(19-32-30(38)22-16-25(39-2)18-26(17-22)40-3)33-34-31(36)42-20-29(37)35-15-7-9-21-8-5-6-10-27(21)35/h5-6,8,10-14,16-18H,4,7,9,15,19-20H2,1-3H3,(H,32,38). The molecular formula is C31H33N5O5S. The molecule has 0 aliphatic carbocycles. The topological polar surface area (TPSA) is 108 Å². The molecule has 4 aromatic rings. The normalized spacial score (nSPS) is 12.4. The lowest BCUT2D eigenvalue weighted by Crippen LogP contribution is -2.36. The Hall–Kier alpha value is -4.51. The summed E-state index contributed by atoms with van der Waals surface area (Å²) in [7, 11) is 3.06. The second kappa shape index (κ2) is 13.4. The molecule has 10 nitrogen and oxygen atoms in total. The van der Waals surface area contributed by atoms with Crippen LogP contribution in [0.1, 0.15) is 35.1 Å². The van der Waals surface area contributed by atoms with Crippen molar-refractivity contribution in [2.24, 2.45) is 0 Å². The fraction of sp³-hybridized carbons (Fsp3) is 0.290. The van der Waals surface area contributed by atoms with Gasteiger partial charge in [0.05, 0.1) is 33.1 Å². The van der Waals surface area contributed by atoms with E-state index >= 15 is 0 Å². The van der Waals surface area contributed by atoms with Gasteiger partial charge in [0.25, 0.3) is 5.91 Å². The van der Waals surface area contributed by atoms with Gasteiger partial charge in [0.15, 0.2) is 11.0 Å². The number of aryl methyl sites for hydroxylation is 1. The number of carbonyl (C=O) groups excluding carboxylic acids is 2. The predicted molar refractivity (Wildman–Crippen MR) is 161 cm³/mol. The summed E-state index contributed by atoms with van der Waals surface area (Å²) in [6, 6.07) is 20.6. The highest BCUT2D eigenvalue weighted by Crippen LogP contribution is 2.29. The first-order valence-corrected chi connectivity index (χ1v) is 14.7. The van der Waals surface area contributed by atoms with E-state index in [9.17, 15) is 9.59 Å². The van der Waals surface area contributed by atoms with Gasteiger partial charge in [-0.1, -0.05) is 30.0 Å². The van der Waals surface area contributed by atoms with Crippen LogP contribution in [0.4, 0.5) is 5.69 Å². The lowest BCUT2D eigenvalue weighted by Gasteiger charge is -2.29. The van der Waals surface area contributed by atoms with E-state index in [1.54, 1.807) is 18.2 Å². The summed E-state index contributed by atoms with van der Waals surface area (Å²) in [5, 5.41) is 12.2. The van der Waals surface area contributed by atoms with Gasteiger partial charge in [-0.3, -0.25) is 14.2 Å². The molecule has 5 rings (SSSR count). The lowest BCUT2D eigenvalue weighted by molar-refractivity contribution is -0.116. The molecule has 0 atom stereocenters. The molecule has 2 heterocycles. The van der Waals surface area contributed by atoms with E-state index in [0.29, 0.717) is 41.2 Å². The van der Waals surface area contributed by atoms with Crippen molar-refractivity contribution in [1.29, 1.82) is 0 Å². The Labute approximate surface area is 249 Å². The van der Waals surface area contributed by atoms with Gasteiger partial charge in [0.1, 0.15) is 17.2 Å². The number of benzene rings is 3. The van der Waals surface area contributed by atoms with Crippen LogP contribution >= 0.6 is 11.8 Å². The van der Waals surface area contributed by atoms with Gasteiger partial charge in [-0.25, -0.2) is 0 Å². The van der Waals surface area contributed by atoms with Crippen LogP contribution in [0.5, 0.6) is 17.2 Å². The molecular weight excluding hydrogens is 554 g/mol. The van der Waals surface area contributed by atoms with Gasteiger partial charge >= 0.3 is 0 Å². The SMILES string of the molecule is CCOc1ccc(-n2c(CNC(=O)c3cc(OC)cc(OC)c3)nnc2SCC(=O)N2CCCc3ccccc32)cc1. The van der Waals surface area contributed by atoms with Gasteiger partial charge < -0.3 is 24.4 Å². The smallest absolute Gasteiger partial charge is 0.251 e. The molecule has 1 aliphatic heterocycles. The number of hydrogen-bond donors (Lipinski definition) is 1. The van der Waals surface area contributed by atoms with Crippen molar-refractivity contribution in [2.45, 2.75) is 31.5 Å². The quantitative estimate of drug-likeness (QED) is 0.252. The molecule has 2 amide bonds. The summed E-state index contributed by atoms with van der Waals surface area (Å²) in [4.78, 5) is 28.3. The zero-order valence-electron chi connectivity index (χ0n) is 23.8. The molecule has 3 aromatic carbocycles. The van der Waals surface area contributed by atoms with Crippen LogP contribution in [0.25, 0.3) is 5.69 Å². The maximum absolute atomic E-state index is 13.3. The number of rotatable bonds is 11. The minimum atomic E-state index is -0.318. The van der Waals surface area contributed by atoms with Gasteiger partial charge in [-0.15, -0.1) is 10.2 Å². The Morgan fingerprint density at radius 1 is 0.952 bits per heavy atom. The third-order valence-electron chi connectivity index (χ3n) is 6.86. The van der Waals surface area contributed by atoms with E-state index in [-0.39, 0.29) is 24.1 Å². The Bertz CT molecular complexity index is 1530. The van der Waals surface area contributed by atoms with Crippen LogP contribution in [-0.2, 0) is 17.8 Å². The van der Waals surface area contributed by atoms with Crippen LogP contribution in [0.3, 0.4) is 0 Å². The van der Waals surface area contributed by atoms with Crippen molar-refractivity contribution >= 4 is 29.3 Å². The number of amides is 2. The number of nitrogens with one attached hydrogen (secondary N) is 1. The maximum Gasteiger partial charge on any atom is 0.251 e. The monoisotopic (exact) mass is 587 g/mol. The molecule has 0 saturated heterocycles. The molecule has 42 heavy (non-hydrogen) atoms. The zero-order chi connectivity index (χ0) is 29.5. The number of methoxy groups -OCH3 is 2. The van der Waals surface area contributed by atoms with Gasteiger partial charge in [-0.2, -0.15) is 0 Å². The number of carbonyl (C=O) groups is 2.